The van der Waals surface area contributed by atoms with Gasteiger partial charge < -0.3 is 4.74 Å². The first-order valence-corrected chi connectivity index (χ1v) is 5.66. The van der Waals surface area contributed by atoms with E-state index in [-0.39, 0.29) is 11.8 Å². The standard InChI is InChI=1S/C13H11F2N3O2/c1-7-6-10(20-2)17-13(16-7)18-12(19)8-4-3-5-9(14)11(8)15/h3-6H,1-2H3,(H,16,17,18,19). The molecule has 7 heteroatoms. The number of carbonyl (C=O) groups excluding carboxylic acids is 1. The van der Waals surface area contributed by atoms with Crippen molar-refractivity contribution in [2.75, 3.05) is 12.4 Å². The maximum absolute atomic E-state index is 13.5. The minimum absolute atomic E-state index is 0.0458. The molecule has 2 aromatic rings. The van der Waals surface area contributed by atoms with Crippen LogP contribution >= 0.6 is 0 Å². The lowest BCUT2D eigenvalue weighted by atomic mass is 10.2. The third-order valence-corrected chi connectivity index (χ3v) is 2.46. The van der Waals surface area contributed by atoms with Crippen molar-refractivity contribution in [1.82, 2.24) is 9.97 Å². The first-order chi connectivity index (χ1) is 9.51. The average Bonchev–Trinajstić information content (AvgIpc) is 2.41. The monoisotopic (exact) mass is 279 g/mol. The fourth-order valence-corrected chi connectivity index (χ4v) is 1.55. The largest absolute Gasteiger partial charge is 0.481 e. The number of halogens is 2. The second kappa shape index (κ2) is 5.60. The van der Waals surface area contributed by atoms with E-state index in [0.717, 1.165) is 6.07 Å². The molecular weight excluding hydrogens is 268 g/mol. The molecule has 0 saturated heterocycles. The molecule has 0 aliphatic rings. The van der Waals surface area contributed by atoms with E-state index in [9.17, 15) is 13.6 Å². The number of methoxy groups -OCH3 is 1. The Kier molecular flexibility index (Phi) is 3.88. The summed E-state index contributed by atoms with van der Waals surface area (Å²) in [6, 6.07) is 4.91. The molecule has 5 nitrogen and oxygen atoms in total. The van der Waals surface area contributed by atoms with Gasteiger partial charge in [-0.3, -0.25) is 10.1 Å². The number of hydrogen-bond donors (Lipinski definition) is 1. The lowest BCUT2D eigenvalue weighted by molar-refractivity contribution is 0.102. The zero-order chi connectivity index (χ0) is 14.7. The van der Waals surface area contributed by atoms with Crippen molar-refractivity contribution in [2.24, 2.45) is 0 Å². The lowest BCUT2D eigenvalue weighted by Gasteiger charge is -2.07. The van der Waals surface area contributed by atoms with Gasteiger partial charge in [-0.25, -0.2) is 13.8 Å². The molecular formula is C13H11F2N3O2. The molecule has 0 unspecified atom stereocenters. The van der Waals surface area contributed by atoms with Gasteiger partial charge in [-0.2, -0.15) is 4.98 Å². The van der Waals surface area contributed by atoms with Gasteiger partial charge >= 0.3 is 0 Å². The molecule has 0 bridgehead atoms. The Morgan fingerprint density at radius 1 is 1.30 bits per heavy atom. The van der Waals surface area contributed by atoms with E-state index in [1.165, 1.54) is 19.2 Å². The minimum Gasteiger partial charge on any atom is -0.481 e. The number of nitrogens with one attached hydrogen (secondary N) is 1. The van der Waals surface area contributed by atoms with Gasteiger partial charge in [-0.15, -0.1) is 0 Å². The maximum atomic E-state index is 13.5. The SMILES string of the molecule is COc1cc(C)nc(NC(=O)c2cccc(F)c2F)n1. The number of anilines is 1. The first kappa shape index (κ1) is 13.9. The number of carbonyl (C=O) groups is 1. The summed E-state index contributed by atoms with van der Waals surface area (Å²) in [4.78, 5) is 19.7. The molecule has 0 atom stereocenters. The summed E-state index contributed by atoms with van der Waals surface area (Å²) in [5.41, 5.74) is 0.140. The van der Waals surface area contributed by atoms with E-state index in [1.54, 1.807) is 13.0 Å². The second-order valence-corrected chi connectivity index (χ2v) is 3.93. The van der Waals surface area contributed by atoms with E-state index < -0.39 is 23.1 Å². The van der Waals surface area contributed by atoms with E-state index in [0.29, 0.717) is 5.69 Å². The lowest BCUT2D eigenvalue weighted by Crippen LogP contribution is -2.16. The number of nitrogens with zero attached hydrogens (tertiary/aromatic N) is 2. The second-order valence-electron chi connectivity index (χ2n) is 3.93. The first-order valence-electron chi connectivity index (χ1n) is 5.66. The number of aryl methyl sites for hydroxylation is 1. The zero-order valence-corrected chi connectivity index (χ0v) is 10.8. The summed E-state index contributed by atoms with van der Waals surface area (Å²) in [6.07, 6.45) is 0. The van der Waals surface area contributed by atoms with Gasteiger partial charge in [0.15, 0.2) is 11.6 Å². The van der Waals surface area contributed by atoms with E-state index in [4.69, 9.17) is 4.74 Å². The van der Waals surface area contributed by atoms with Gasteiger partial charge in [0, 0.05) is 11.8 Å². The molecule has 0 aliphatic heterocycles. The van der Waals surface area contributed by atoms with Crippen LogP contribution in [0.15, 0.2) is 24.3 Å². The van der Waals surface area contributed by atoms with Crippen molar-refractivity contribution < 1.29 is 18.3 Å². The molecule has 20 heavy (non-hydrogen) atoms. The Bertz CT molecular complexity index is 662. The molecule has 0 radical (unpaired) electrons. The number of benzene rings is 1. The predicted octanol–water partition coefficient (Wildman–Crippen LogP) is 2.32. The van der Waals surface area contributed by atoms with Crippen molar-refractivity contribution >= 4 is 11.9 Å². The number of amides is 1. The van der Waals surface area contributed by atoms with Gasteiger partial charge in [-0.05, 0) is 19.1 Å². The van der Waals surface area contributed by atoms with Gasteiger partial charge in [0.25, 0.3) is 5.91 Å². The molecule has 0 saturated carbocycles. The van der Waals surface area contributed by atoms with Crippen LogP contribution in [-0.2, 0) is 0 Å². The van der Waals surface area contributed by atoms with Crippen LogP contribution in [-0.4, -0.2) is 23.0 Å². The number of aromatic nitrogens is 2. The van der Waals surface area contributed by atoms with Crippen molar-refractivity contribution in [1.29, 1.82) is 0 Å². The number of rotatable bonds is 3. The molecule has 1 aromatic carbocycles. The molecule has 2 rings (SSSR count). The highest BCUT2D eigenvalue weighted by Crippen LogP contribution is 2.15. The normalized spacial score (nSPS) is 10.2. The van der Waals surface area contributed by atoms with Gasteiger partial charge in [-0.1, -0.05) is 6.07 Å². The zero-order valence-electron chi connectivity index (χ0n) is 10.8. The highest BCUT2D eigenvalue weighted by molar-refractivity contribution is 6.03. The third-order valence-electron chi connectivity index (χ3n) is 2.46. The summed E-state index contributed by atoms with van der Waals surface area (Å²) < 4.78 is 31.5. The smallest absolute Gasteiger partial charge is 0.261 e. The Morgan fingerprint density at radius 3 is 2.75 bits per heavy atom. The quantitative estimate of drug-likeness (QED) is 0.936. The van der Waals surface area contributed by atoms with Crippen molar-refractivity contribution in [3.05, 3.63) is 47.2 Å². The summed E-state index contributed by atoms with van der Waals surface area (Å²) >= 11 is 0. The summed E-state index contributed by atoms with van der Waals surface area (Å²) in [5, 5.41) is 2.29. The summed E-state index contributed by atoms with van der Waals surface area (Å²) in [5.74, 6) is -2.94. The Hall–Kier alpha value is -2.57. The fourth-order valence-electron chi connectivity index (χ4n) is 1.55. The molecule has 1 amide bonds. The van der Waals surface area contributed by atoms with Gasteiger partial charge in [0.1, 0.15) is 0 Å². The van der Waals surface area contributed by atoms with Crippen LogP contribution in [0.4, 0.5) is 14.7 Å². The predicted molar refractivity (Wildman–Crippen MR) is 67.6 cm³/mol. The Balaban J connectivity index is 2.28. The van der Waals surface area contributed by atoms with Crippen LogP contribution in [0.25, 0.3) is 0 Å². The number of ether oxygens (including phenoxy) is 1. The molecule has 1 heterocycles. The molecule has 104 valence electrons. The maximum Gasteiger partial charge on any atom is 0.261 e. The molecule has 0 spiro atoms. The fraction of sp³-hybridized carbons (Fsp3) is 0.154. The highest BCUT2D eigenvalue weighted by atomic mass is 19.2. The van der Waals surface area contributed by atoms with Gasteiger partial charge in [0.05, 0.1) is 12.7 Å². The van der Waals surface area contributed by atoms with E-state index in [1.807, 2.05) is 0 Å². The van der Waals surface area contributed by atoms with Crippen LogP contribution in [0, 0.1) is 18.6 Å². The van der Waals surface area contributed by atoms with Crippen LogP contribution < -0.4 is 10.1 Å². The third kappa shape index (κ3) is 2.87. The molecule has 1 N–H and O–H groups in total. The van der Waals surface area contributed by atoms with Crippen LogP contribution in [0.5, 0.6) is 5.88 Å². The average molecular weight is 279 g/mol. The van der Waals surface area contributed by atoms with Crippen molar-refractivity contribution in [3.8, 4) is 5.88 Å². The van der Waals surface area contributed by atoms with Crippen molar-refractivity contribution in [2.45, 2.75) is 6.92 Å². The van der Waals surface area contributed by atoms with E-state index in [2.05, 4.69) is 15.3 Å². The van der Waals surface area contributed by atoms with Crippen LogP contribution in [0.2, 0.25) is 0 Å². The van der Waals surface area contributed by atoms with Gasteiger partial charge in [0.2, 0.25) is 11.8 Å². The molecule has 0 fully saturated rings. The van der Waals surface area contributed by atoms with E-state index >= 15 is 0 Å². The Morgan fingerprint density at radius 2 is 2.05 bits per heavy atom. The van der Waals surface area contributed by atoms with Crippen LogP contribution in [0.3, 0.4) is 0 Å². The Labute approximate surface area is 113 Å². The molecule has 0 aliphatic carbocycles. The molecule has 1 aromatic heterocycles. The summed E-state index contributed by atoms with van der Waals surface area (Å²) in [6.45, 7) is 1.68. The topological polar surface area (TPSA) is 64.1 Å². The minimum atomic E-state index is -1.22. The van der Waals surface area contributed by atoms with Crippen LogP contribution in [0.1, 0.15) is 16.1 Å². The highest BCUT2D eigenvalue weighted by Gasteiger charge is 2.16. The van der Waals surface area contributed by atoms with Crippen molar-refractivity contribution in [3.63, 3.8) is 0 Å². The number of hydrogen-bond acceptors (Lipinski definition) is 4. The summed E-state index contributed by atoms with van der Waals surface area (Å²) in [7, 11) is 1.42.